The number of hydrogen-bond acceptors (Lipinski definition) is 3. The van der Waals surface area contributed by atoms with E-state index in [-0.39, 0.29) is 6.04 Å². The molecular weight excluding hydrogens is 230 g/mol. The van der Waals surface area contributed by atoms with Crippen LogP contribution in [0.3, 0.4) is 0 Å². The van der Waals surface area contributed by atoms with Crippen molar-refractivity contribution in [1.29, 1.82) is 5.26 Å². The first-order chi connectivity index (χ1) is 6.15. The zero-order valence-electron chi connectivity index (χ0n) is 7.29. The zero-order chi connectivity index (χ0) is 9.84. The highest BCUT2D eigenvalue weighted by Gasteiger charge is 2.09. The molecule has 0 aromatic carbocycles. The molecule has 0 amide bonds. The van der Waals surface area contributed by atoms with Crippen molar-refractivity contribution in [1.82, 2.24) is 4.98 Å². The fourth-order valence-electron chi connectivity index (χ4n) is 1.13. The Labute approximate surface area is 85.7 Å². The molecule has 0 aliphatic rings. The summed E-state index contributed by atoms with van der Waals surface area (Å²) in [7, 11) is 0. The Hall–Kier alpha value is -0.920. The van der Waals surface area contributed by atoms with Crippen LogP contribution >= 0.6 is 15.9 Å². The van der Waals surface area contributed by atoms with E-state index in [4.69, 9.17) is 11.0 Å². The van der Waals surface area contributed by atoms with Crippen LogP contribution < -0.4 is 5.73 Å². The fraction of sp³-hybridized carbons (Fsp3) is 0.333. The van der Waals surface area contributed by atoms with Gasteiger partial charge in [0.25, 0.3) is 0 Å². The molecule has 1 atom stereocenters. The number of rotatable bonds is 2. The topological polar surface area (TPSA) is 62.7 Å². The van der Waals surface area contributed by atoms with Gasteiger partial charge in [-0.1, -0.05) is 0 Å². The number of nitriles is 1. The molecule has 1 aromatic rings. The molecule has 4 heteroatoms. The van der Waals surface area contributed by atoms with E-state index in [0.717, 1.165) is 15.7 Å². The lowest BCUT2D eigenvalue weighted by atomic mass is 10.1. The largest absolute Gasteiger partial charge is 0.322 e. The lowest BCUT2D eigenvalue weighted by Gasteiger charge is -2.09. The average Bonchev–Trinajstić information content (AvgIpc) is 2.04. The Morgan fingerprint density at radius 3 is 3.00 bits per heavy atom. The van der Waals surface area contributed by atoms with Gasteiger partial charge in [-0.2, -0.15) is 5.26 Å². The highest BCUT2D eigenvalue weighted by atomic mass is 79.9. The highest BCUT2D eigenvalue weighted by molar-refractivity contribution is 9.10. The molecule has 0 fully saturated rings. The van der Waals surface area contributed by atoms with Crippen molar-refractivity contribution in [3.8, 4) is 6.07 Å². The van der Waals surface area contributed by atoms with Gasteiger partial charge in [0.15, 0.2) is 0 Å². The first-order valence-corrected chi connectivity index (χ1v) is 4.69. The van der Waals surface area contributed by atoms with Gasteiger partial charge in [-0.15, -0.1) is 0 Å². The minimum absolute atomic E-state index is 0.280. The predicted molar refractivity (Wildman–Crippen MR) is 53.8 cm³/mol. The molecule has 13 heavy (non-hydrogen) atoms. The van der Waals surface area contributed by atoms with Crippen molar-refractivity contribution in [2.24, 2.45) is 5.73 Å². The first-order valence-electron chi connectivity index (χ1n) is 3.89. The molecular formula is C9H10BrN3. The smallest absolute Gasteiger partial charge is 0.0642 e. The third-order valence-electron chi connectivity index (χ3n) is 1.75. The maximum atomic E-state index is 8.48. The van der Waals surface area contributed by atoms with E-state index in [9.17, 15) is 0 Å². The molecule has 0 aliphatic heterocycles. The van der Waals surface area contributed by atoms with Gasteiger partial charge in [0.05, 0.1) is 24.2 Å². The average molecular weight is 240 g/mol. The van der Waals surface area contributed by atoms with Crippen LogP contribution in [-0.2, 0) is 0 Å². The number of pyridine rings is 1. The molecule has 3 nitrogen and oxygen atoms in total. The molecule has 0 saturated heterocycles. The van der Waals surface area contributed by atoms with Gasteiger partial charge in [-0.25, -0.2) is 0 Å². The third-order valence-corrected chi connectivity index (χ3v) is 2.18. The zero-order valence-corrected chi connectivity index (χ0v) is 8.87. The summed E-state index contributed by atoms with van der Waals surface area (Å²) in [5.74, 6) is 0. The van der Waals surface area contributed by atoms with E-state index in [1.165, 1.54) is 0 Å². The van der Waals surface area contributed by atoms with Crippen LogP contribution in [-0.4, -0.2) is 4.98 Å². The Balaban J connectivity index is 2.96. The second-order valence-corrected chi connectivity index (χ2v) is 3.74. The van der Waals surface area contributed by atoms with Crippen molar-refractivity contribution in [2.45, 2.75) is 19.4 Å². The minimum atomic E-state index is -0.280. The second-order valence-electron chi connectivity index (χ2n) is 2.82. The molecule has 0 aliphatic carbocycles. The normalized spacial score (nSPS) is 12.2. The number of nitrogens with two attached hydrogens (primary N) is 1. The number of nitrogens with zero attached hydrogens (tertiary/aromatic N) is 2. The summed E-state index contributed by atoms with van der Waals surface area (Å²) in [4.78, 5) is 4.17. The standard InChI is InChI=1S/C9H10BrN3/c1-6-4-7(10)5-13-9(6)8(12)2-3-11/h4-5,8H,2,12H2,1H3. The molecule has 1 heterocycles. The van der Waals surface area contributed by atoms with Crippen LogP contribution in [0.25, 0.3) is 0 Å². The van der Waals surface area contributed by atoms with Gasteiger partial charge in [0.2, 0.25) is 0 Å². The molecule has 0 bridgehead atoms. The SMILES string of the molecule is Cc1cc(Br)cnc1C(N)CC#N. The van der Waals surface area contributed by atoms with Gasteiger partial charge in [-0.05, 0) is 34.5 Å². The second kappa shape index (κ2) is 4.35. The monoisotopic (exact) mass is 239 g/mol. The van der Waals surface area contributed by atoms with E-state index >= 15 is 0 Å². The van der Waals surface area contributed by atoms with Gasteiger partial charge in [-0.3, -0.25) is 4.98 Å². The summed E-state index contributed by atoms with van der Waals surface area (Å²) in [6, 6.07) is 3.70. The first kappa shape index (κ1) is 10.2. The molecule has 1 unspecified atom stereocenters. The molecule has 0 radical (unpaired) electrons. The molecule has 2 N–H and O–H groups in total. The Morgan fingerprint density at radius 1 is 1.77 bits per heavy atom. The van der Waals surface area contributed by atoms with Crippen LogP contribution in [0.4, 0.5) is 0 Å². The summed E-state index contributed by atoms with van der Waals surface area (Å²) < 4.78 is 0.929. The van der Waals surface area contributed by atoms with Crippen molar-refractivity contribution in [3.05, 3.63) is 28.0 Å². The van der Waals surface area contributed by atoms with Crippen LogP contribution in [0.15, 0.2) is 16.7 Å². The Bertz CT molecular complexity index is 343. The van der Waals surface area contributed by atoms with Crippen molar-refractivity contribution >= 4 is 15.9 Å². The Morgan fingerprint density at radius 2 is 2.46 bits per heavy atom. The number of aryl methyl sites for hydroxylation is 1. The van der Waals surface area contributed by atoms with Gasteiger partial charge < -0.3 is 5.73 Å². The minimum Gasteiger partial charge on any atom is -0.322 e. The predicted octanol–water partition coefficient (Wildman–Crippen LogP) is 2.07. The van der Waals surface area contributed by atoms with Crippen LogP contribution in [0, 0.1) is 18.3 Å². The van der Waals surface area contributed by atoms with Gasteiger partial charge in [0.1, 0.15) is 0 Å². The molecule has 1 rings (SSSR count). The van der Waals surface area contributed by atoms with Gasteiger partial charge >= 0.3 is 0 Å². The van der Waals surface area contributed by atoms with E-state index in [1.807, 2.05) is 19.1 Å². The maximum Gasteiger partial charge on any atom is 0.0642 e. The van der Waals surface area contributed by atoms with Crippen LogP contribution in [0.1, 0.15) is 23.7 Å². The van der Waals surface area contributed by atoms with Crippen LogP contribution in [0.2, 0.25) is 0 Å². The highest BCUT2D eigenvalue weighted by Crippen LogP contribution is 2.18. The number of hydrogen-bond donors (Lipinski definition) is 1. The van der Waals surface area contributed by atoms with E-state index in [0.29, 0.717) is 6.42 Å². The van der Waals surface area contributed by atoms with Crippen molar-refractivity contribution < 1.29 is 0 Å². The summed E-state index contributed by atoms with van der Waals surface area (Å²) in [6.45, 7) is 1.93. The fourth-order valence-corrected chi connectivity index (χ4v) is 1.58. The lowest BCUT2D eigenvalue weighted by Crippen LogP contribution is -2.12. The summed E-state index contributed by atoms with van der Waals surface area (Å²) in [5.41, 5.74) is 7.56. The van der Waals surface area contributed by atoms with E-state index in [1.54, 1.807) is 6.20 Å². The van der Waals surface area contributed by atoms with E-state index < -0.39 is 0 Å². The number of halogens is 1. The van der Waals surface area contributed by atoms with Crippen LogP contribution in [0.5, 0.6) is 0 Å². The third kappa shape index (κ3) is 2.51. The lowest BCUT2D eigenvalue weighted by molar-refractivity contribution is 0.712. The van der Waals surface area contributed by atoms with Crippen molar-refractivity contribution in [3.63, 3.8) is 0 Å². The molecule has 68 valence electrons. The van der Waals surface area contributed by atoms with Crippen molar-refractivity contribution in [2.75, 3.05) is 0 Å². The Kier molecular flexibility index (Phi) is 3.40. The summed E-state index contributed by atoms with van der Waals surface area (Å²) >= 11 is 3.32. The molecule has 0 spiro atoms. The maximum absolute atomic E-state index is 8.48. The van der Waals surface area contributed by atoms with Gasteiger partial charge in [0, 0.05) is 10.7 Å². The molecule has 0 saturated carbocycles. The number of aromatic nitrogens is 1. The quantitative estimate of drug-likeness (QED) is 0.860. The summed E-state index contributed by atoms with van der Waals surface area (Å²) in [5, 5.41) is 8.48. The summed E-state index contributed by atoms with van der Waals surface area (Å²) in [6.07, 6.45) is 2.00. The molecule has 1 aromatic heterocycles. The van der Waals surface area contributed by atoms with E-state index in [2.05, 4.69) is 20.9 Å².